The molecule has 0 fully saturated rings. The Hall–Kier alpha value is 2.61. The van der Waals surface area contributed by atoms with Gasteiger partial charge in [-0.05, 0) is 0 Å². The molecule has 0 aliphatic heterocycles. The molecule has 0 unspecified atom stereocenters. The third-order valence-corrected chi connectivity index (χ3v) is 0. The van der Waals surface area contributed by atoms with E-state index in [9.17, 15) is 0 Å². The zero-order valence-corrected chi connectivity index (χ0v) is 13.7. The first-order valence-electron chi connectivity index (χ1n) is 0. The fraction of sp³-hybridized carbons (Fsp3) is 0. The minimum absolute atomic E-state index is 0. The molecule has 0 bridgehead atoms. The first kappa shape index (κ1) is 30.5. The van der Waals surface area contributed by atoms with Crippen molar-refractivity contribution in [1.82, 2.24) is 0 Å². The molecular weight excluding hydrogens is 289 g/mol. The van der Waals surface area contributed by atoms with Crippen LogP contribution in [0.3, 0.4) is 0 Å². The van der Waals surface area contributed by atoms with Crippen LogP contribution < -0.4 is 0 Å². The van der Waals surface area contributed by atoms with Crippen LogP contribution in [-0.4, -0.2) is 0 Å². The summed E-state index contributed by atoms with van der Waals surface area (Å²) >= 11 is 0. The number of rotatable bonds is 0. The standard InChI is InChI=1S/Nb.3Zn. The van der Waals surface area contributed by atoms with Gasteiger partial charge in [-0.15, -0.1) is 0 Å². The second-order valence-electron chi connectivity index (χ2n) is 0. The van der Waals surface area contributed by atoms with Crippen molar-refractivity contribution in [2.24, 2.45) is 0 Å². The summed E-state index contributed by atoms with van der Waals surface area (Å²) in [4.78, 5) is 0. The van der Waals surface area contributed by atoms with Gasteiger partial charge < -0.3 is 0 Å². The van der Waals surface area contributed by atoms with Crippen molar-refractivity contribution in [1.29, 1.82) is 0 Å². The Labute approximate surface area is 79.7 Å². The molecule has 0 nitrogen and oxygen atoms in total. The van der Waals surface area contributed by atoms with Crippen molar-refractivity contribution in [3.63, 3.8) is 0 Å². The van der Waals surface area contributed by atoms with Gasteiger partial charge in [-0.1, -0.05) is 0 Å². The molecule has 0 aromatic heterocycles. The van der Waals surface area contributed by atoms with E-state index >= 15 is 0 Å². The summed E-state index contributed by atoms with van der Waals surface area (Å²) in [6.45, 7) is 0. The van der Waals surface area contributed by atoms with Crippen molar-refractivity contribution in [2.45, 2.75) is 0 Å². The Bertz CT molecular complexity index is 3.25. The van der Waals surface area contributed by atoms with E-state index in [0.717, 1.165) is 0 Å². The van der Waals surface area contributed by atoms with Gasteiger partial charge in [-0.3, -0.25) is 0 Å². The molecule has 1 radical (unpaired) electrons. The molecule has 0 saturated heterocycles. The third-order valence-electron chi connectivity index (χ3n) is 0. The minimum atomic E-state index is 0. The van der Waals surface area contributed by atoms with E-state index in [4.69, 9.17) is 0 Å². The van der Waals surface area contributed by atoms with E-state index in [1.165, 1.54) is 0 Å². The van der Waals surface area contributed by atoms with Gasteiger partial charge in [0.1, 0.15) is 0 Å². The molecule has 0 atom stereocenters. The summed E-state index contributed by atoms with van der Waals surface area (Å²) in [7, 11) is 0. The summed E-state index contributed by atoms with van der Waals surface area (Å²) in [6, 6.07) is 0. The topological polar surface area (TPSA) is 0 Å². The first-order valence-corrected chi connectivity index (χ1v) is 0. The van der Waals surface area contributed by atoms with Crippen LogP contribution >= 0.6 is 0 Å². The maximum Gasteiger partial charge on any atom is 0 e. The van der Waals surface area contributed by atoms with Crippen molar-refractivity contribution < 1.29 is 80.8 Å². The van der Waals surface area contributed by atoms with Crippen molar-refractivity contribution in [3.8, 4) is 0 Å². The first-order chi connectivity index (χ1) is 0. The molecule has 0 rings (SSSR count). The van der Waals surface area contributed by atoms with E-state index in [0.29, 0.717) is 0 Å². The van der Waals surface area contributed by atoms with E-state index in [2.05, 4.69) is 0 Å². The quantitative estimate of drug-likeness (QED) is 0.550. The predicted octanol–water partition coefficient (Wildman–Crippen LogP) is -0.0100. The van der Waals surface area contributed by atoms with E-state index < -0.39 is 0 Å². The molecule has 4 heteroatoms. The van der Waals surface area contributed by atoms with Crippen LogP contribution in [0.1, 0.15) is 0 Å². The summed E-state index contributed by atoms with van der Waals surface area (Å²) in [5.74, 6) is 0. The van der Waals surface area contributed by atoms with Crippen LogP contribution in [-0.2, 0) is 80.8 Å². The fourth-order valence-electron chi connectivity index (χ4n) is 0. The summed E-state index contributed by atoms with van der Waals surface area (Å²) < 4.78 is 0. The smallest absolute Gasteiger partial charge is 0 e. The predicted molar refractivity (Wildman–Crippen MR) is 0 cm³/mol. The van der Waals surface area contributed by atoms with E-state index in [1.54, 1.807) is 0 Å². The molecule has 0 aliphatic carbocycles. The molecule has 4 heavy (non-hydrogen) atoms. The Kier molecular flexibility index (Phi) is 134. The molecule has 0 aromatic rings. The van der Waals surface area contributed by atoms with Crippen LogP contribution in [0.2, 0.25) is 0 Å². The largest absolute Gasteiger partial charge is 0 e. The Morgan fingerprint density at radius 1 is 0.500 bits per heavy atom. The zero-order valence-electron chi connectivity index (χ0n) is 2.57. The van der Waals surface area contributed by atoms with Crippen LogP contribution in [0.25, 0.3) is 0 Å². The molecule has 0 amide bonds. The summed E-state index contributed by atoms with van der Waals surface area (Å²) in [6.07, 6.45) is 0. The molecule has 0 saturated carbocycles. The summed E-state index contributed by atoms with van der Waals surface area (Å²) in [5.41, 5.74) is 0. The number of hydrogen-bond donors (Lipinski definition) is 0. The van der Waals surface area contributed by atoms with Crippen LogP contribution in [0.4, 0.5) is 0 Å². The summed E-state index contributed by atoms with van der Waals surface area (Å²) in [5, 5.41) is 0. The zero-order chi connectivity index (χ0) is 0. The van der Waals surface area contributed by atoms with Crippen molar-refractivity contribution in [3.05, 3.63) is 0 Å². The van der Waals surface area contributed by atoms with Gasteiger partial charge in [0, 0.05) is 80.8 Å². The van der Waals surface area contributed by atoms with E-state index in [-0.39, 0.29) is 80.8 Å². The molecule has 11 valence electrons. The van der Waals surface area contributed by atoms with Gasteiger partial charge in [0.25, 0.3) is 0 Å². The van der Waals surface area contributed by atoms with Gasteiger partial charge in [0.05, 0.1) is 0 Å². The van der Waals surface area contributed by atoms with E-state index in [1.807, 2.05) is 0 Å². The minimum Gasteiger partial charge on any atom is 0 e. The SMILES string of the molecule is [Nb].[Zn].[Zn].[Zn]. The fourth-order valence-corrected chi connectivity index (χ4v) is 0. The average molecular weight is 289 g/mol. The third kappa shape index (κ3) is 8.82. The Morgan fingerprint density at radius 2 is 0.500 bits per heavy atom. The normalized spacial score (nSPS) is 0. The van der Waals surface area contributed by atoms with Crippen LogP contribution in [0.15, 0.2) is 0 Å². The average Bonchev–Trinajstić information content (AvgIpc) is 0. The van der Waals surface area contributed by atoms with Gasteiger partial charge in [0.15, 0.2) is 0 Å². The maximum atomic E-state index is 0. The second kappa shape index (κ2) is 17.5. The monoisotopic (exact) mass is 285 g/mol. The second-order valence-corrected chi connectivity index (χ2v) is 0. The Morgan fingerprint density at radius 3 is 0.500 bits per heavy atom. The van der Waals surface area contributed by atoms with Gasteiger partial charge in [0.2, 0.25) is 0 Å². The maximum absolute atomic E-state index is 0. The van der Waals surface area contributed by atoms with Crippen molar-refractivity contribution in [2.75, 3.05) is 0 Å². The van der Waals surface area contributed by atoms with Crippen molar-refractivity contribution >= 4 is 0 Å². The van der Waals surface area contributed by atoms with Gasteiger partial charge >= 0.3 is 0 Å². The molecule has 0 heterocycles. The van der Waals surface area contributed by atoms with Gasteiger partial charge in [-0.2, -0.15) is 0 Å². The molecule has 0 spiro atoms. The molecular formula is NbZn3. The molecule has 0 aromatic carbocycles. The Balaban J connectivity index is 0. The van der Waals surface area contributed by atoms with Gasteiger partial charge in [-0.25, -0.2) is 0 Å². The van der Waals surface area contributed by atoms with Crippen LogP contribution in [0, 0.1) is 0 Å². The van der Waals surface area contributed by atoms with Crippen LogP contribution in [0.5, 0.6) is 0 Å². The molecule has 0 N–H and O–H groups in total. The number of hydrogen-bond acceptors (Lipinski definition) is 0. The molecule has 0 aliphatic rings.